The van der Waals surface area contributed by atoms with Crippen LogP contribution in [-0.4, -0.2) is 73.3 Å². The van der Waals surface area contributed by atoms with E-state index in [4.69, 9.17) is 10.5 Å². The number of carbonyl (C=O) groups excluding carboxylic acids is 1. The lowest BCUT2D eigenvalue weighted by Crippen LogP contribution is -2.44. The Kier molecular flexibility index (Phi) is 5.74. The Hall–Kier alpha value is -3.43. The average molecular weight is 434 g/mol. The molecule has 2 aliphatic heterocycles. The molecule has 0 saturated carbocycles. The summed E-state index contributed by atoms with van der Waals surface area (Å²) in [6.07, 6.45) is 3.63. The molecule has 9 nitrogen and oxygen atoms in total. The van der Waals surface area contributed by atoms with Gasteiger partial charge in [-0.3, -0.25) is 9.78 Å². The number of pyridine rings is 2. The van der Waals surface area contributed by atoms with Gasteiger partial charge >= 0.3 is 0 Å². The number of nitrogens with zero attached hydrogens (tertiary/aromatic N) is 4. The number of nitrogens with two attached hydrogens (primary N) is 1. The molecule has 166 valence electrons. The van der Waals surface area contributed by atoms with Crippen LogP contribution in [0.2, 0.25) is 0 Å². The van der Waals surface area contributed by atoms with Crippen LogP contribution >= 0.6 is 0 Å². The maximum atomic E-state index is 12.1. The number of H-pyrrole nitrogens is 1. The summed E-state index contributed by atoms with van der Waals surface area (Å²) in [5, 5.41) is 3.33. The molecule has 2 aliphatic rings. The number of piperazine rings is 1. The highest BCUT2D eigenvalue weighted by Gasteiger charge is 2.21. The molecule has 0 aliphatic carbocycles. The van der Waals surface area contributed by atoms with E-state index < -0.39 is 5.91 Å². The number of rotatable bonds is 5. The maximum Gasteiger partial charge on any atom is 0.252 e. The third-order valence-corrected chi connectivity index (χ3v) is 5.95. The van der Waals surface area contributed by atoms with Crippen molar-refractivity contribution < 1.29 is 9.53 Å². The van der Waals surface area contributed by atoms with Crippen LogP contribution in [0.15, 0.2) is 42.7 Å². The first-order chi connectivity index (χ1) is 15.7. The highest BCUT2D eigenvalue weighted by molar-refractivity contribution is 5.99. The van der Waals surface area contributed by atoms with Crippen LogP contribution in [-0.2, 0) is 4.74 Å². The van der Waals surface area contributed by atoms with E-state index in [0.29, 0.717) is 5.56 Å². The molecule has 3 aromatic rings. The van der Waals surface area contributed by atoms with Crippen molar-refractivity contribution in [3.8, 4) is 22.5 Å². The van der Waals surface area contributed by atoms with Crippen molar-refractivity contribution in [3.05, 3.63) is 48.3 Å². The van der Waals surface area contributed by atoms with Gasteiger partial charge in [-0.1, -0.05) is 0 Å². The van der Waals surface area contributed by atoms with Crippen LogP contribution in [0, 0.1) is 0 Å². The molecule has 9 heteroatoms. The normalized spacial score (nSPS) is 16.9. The third kappa shape index (κ3) is 4.17. The Morgan fingerprint density at radius 3 is 2.50 bits per heavy atom. The van der Waals surface area contributed by atoms with Crippen LogP contribution in [0.3, 0.4) is 0 Å². The first kappa shape index (κ1) is 20.5. The molecule has 4 N–H and O–H groups in total. The minimum absolute atomic E-state index is 0.432. The number of hydrogen-bond donors (Lipinski definition) is 3. The Balaban J connectivity index is 1.42. The molecule has 0 spiro atoms. The van der Waals surface area contributed by atoms with Gasteiger partial charge in [-0.15, -0.1) is 0 Å². The summed E-state index contributed by atoms with van der Waals surface area (Å²) in [4.78, 5) is 29.1. The van der Waals surface area contributed by atoms with E-state index in [1.54, 1.807) is 6.20 Å². The summed E-state index contributed by atoms with van der Waals surface area (Å²) in [6, 6.07) is 9.83. The lowest BCUT2D eigenvalue weighted by molar-refractivity contribution is 0.100. The van der Waals surface area contributed by atoms with E-state index in [1.807, 2.05) is 36.5 Å². The zero-order valence-corrected chi connectivity index (χ0v) is 17.9. The van der Waals surface area contributed by atoms with Gasteiger partial charge in [0.2, 0.25) is 0 Å². The van der Waals surface area contributed by atoms with Gasteiger partial charge in [0.05, 0.1) is 24.5 Å². The summed E-state index contributed by atoms with van der Waals surface area (Å²) in [5.41, 5.74) is 9.73. The lowest BCUT2D eigenvalue weighted by atomic mass is 10.1. The second kappa shape index (κ2) is 8.97. The highest BCUT2D eigenvalue weighted by atomic mass is 16.5. The van der Waals surface area contributed by atoms with E-state index in [2.05, 4.69) is 30.1 Å². The Morgan fingerprint density at radius 1 is 0.969 bits per heavy atom. The van der Waals surface area contributed by atoms with Crippen molar-refractivity contribution in [2.45, 2.75) is 0 Å². The topological polar surface area (TPSA) is 112 Å². The maximum absolute atomic E-state index is 12.1. The van der Waals surface area contributed by atoms with Gasteiger partial charge < -0.3 is 30.6 Å². The first-order valence-corrected chi connectivity index (χ1v) is 10.9. The Labute approximate surface area is 186 Å². The zero-order chi connectivity index (χ0) is 21.9. The van der Waals surface area contributed by atoms with Crippen molar-refractivity contribution in [1.29, 1.82) is 0 Å². The first-order valence-electron chi connectivity index (χ1n) is 10.9. The molecule has 0 unspecified atom stereocenters. The van der Waals surface area contributed by atoms with E-state index in [-0.39, 0.29) is 0 Å². The number of morpholine rings is 1. The van der Waals surface area contributed by atoms with Gasteiger partial charge in [-0.05, 0) is 30.3 Å². The van der Waals surface area contributed by atoms with Crippen LogP contribution in [0.25, 0.3) is 22.5 Å². The molecule has 2 saturated heterocycles. The summed E-state index contributed by atoms with van der Waals surface area (Å²) in [5.74, 6) is 1.30. The number of nitrogens with one attached hydrogen (secondary N) is 2. The van der Waals surface area contributed by atoms with E-state index in [9.17, 15) is 4.79 Å². The van der Waals surface area contributed by atoms with E-state index in [0.717, 1.165) is 86.6 Å². The molecule has 5 heterocycles. The Morgan fingerprint density at radius 2 is 1.78 bits per heavy atom. The summed E-state index contributed by atoms with van der Waals surface area (Å²) >= 11 is 0. The highest BCUT2D eigenvalue weighted by Crippen LogP contribution is 2.30. The monoisotopic (exact) mass is 433 g/mol. The SMILES string of the molecule is NC(=O)c1cc(-c2ccnc(-c3ccc(N4CCOCC4)nc3)c2)[nH]c1N1CCNCC1. The number of hydrogen-bond acceptors (Lipinski definition) is 7. The molecular weight excluding hydrogens is 406 g/mol. The van der Waals surface area contributed by atoms with Gasteiger partial charge in [0.15, 0.2) is 0 Å². The largest absolute Gasteiger partial charge is 0.378 e. The molecule has 0 atom stereocenters. The van der Waals surface area contributed by atoms with Crippen molar-refractivity contribution in [2.24, 2.45) is 5.73 Å². The second-order valence-corrected chi connectivity index (χ2v) is 7.98. The minimum atomic E-state index is -0.432. The Bertz CT molecular complexity index is 1080. The number of amides is 1. The van der Waals surface area contributed by atoms with Crippen molar-refractivity contribution in [2.75, 3.05) is 62.3 Å². The quantitative estimate of drug-likeness (QED) is 0.559. The van der Waals surface area contributed by atoms with E-state index >= 15 is 0 Å². The zero-order valence-electron chi connectivity index (χ0n) is 17.9. The van der Waals surface area contributed by atoms with Gasteiger partial charge in [0, 0.05) is 68.5 Å². The number of primary amides is 1. The molecule has 0 bridgehead atoms. The smallest absolute Gasteiger partial charge is 0.252 e. The molecular formula is C23H27N7O2. The van der Waals surface area contributed by atoms with Gasteiger partial charge in [0.25, 0.3) is 5.91 Å². The molecule has 1 amide bonds. The predicted octanol–water partition coefficient (Wildman–Crippen LogP) is 1.48. The molecule has 32 heavy (non-hydrogen) atoms. The van der Waals surface area contributed by atoms with Gasteiger partial charge in [0.1, 0.15) is 11.6 Å². The number of carbonyl (C=O) groups is 1. The molecule has 0 aromatic carbocycles. The van der Waals surface area contributed by atoms with Crippen LogP contribution in [0.4, 0.5) is 11.6 Å². The van der Waals surface area contributed by atoms with Gasteiger partial charge in [-0.25, -0.2) is 4.98 Å². The second-order valence-electron chi connectivity index (χ2n) is 7.98. The molecule has 5 rings (SSSR count). The van der Waals surface area contributed by atoms with Crippen LogP contribution in [0.5, 0.6) is 0 Å². The number of anilines is 2. The van der Waals surface area contributed by atoms with Crippen molar-refractivity contribution >= 4 is 17.5 Å². The minimum Gasteiger partial charge on any atom is -0.378 e. The summed E-state index contributed by atoms with van der Waals surface area (Å²) < 4.78 is 5.42. The van der Waals surface area contributed by atoms with Crippen LogP contribution < -0.4 is 20.9 Å². The predicted molar refractivity (Wildman–Crippen MR) is 124 cm³/mol. The molecule has 2 fully saturated rings. The lowest BCUT2D eigenvalue weighted by Gasteiger charge is -2.28. The average Bonchev–Trinajstić information content (AvgIpc) is 3.32. The fourth-order valence-electron chi connectivity index (χ4n) is 4.20. The summed E-state index contributed by atoms with van der Waals surface area (Å²) in [7, 11) is 0. The third-order valence-electron chi connectivity index (χ3n) is 5.95. The van der Waals surface area contributed by atoms with Crippen molar-refractivity contribution in [1.82, 2.24) is 20.3 Å². The number of aromatic amines is 1. The number of ether oxygens (including phenoxy) is 1. The molecule has 0 radical (unpaired) electrons. The van der Waals surface area contributed by atoms with Crippen LogP contribution in [0.1, 0.15) is 10.4 Å². The van der Waals surface area contributed by atoms with E-state index in [1.165, 1.54) is 0 Å². The fourth-order valence-corrected chi connectivity index (χ4v) is 4.20. The number of aromatic nitrogens is 3. The van der Waals surface area contributed by atoms with Gasteiger partial charge in [-0.2, -0.15) is 0 Å². The molecule has 3 aromatic heterocycles. The summed E-state index contributed by atoms with van der Waals surface area (Å²) in [6.45, 7) is 6.55. The van der Waals surface area contributed by atoms with Crippen molar-refractivity contribution in [3.63, 3.8) is 0 Å². The fraction of sp³-hybridized carbons (Fsp3) is 0.348. The standard InChI is InChI=1S/C23H27N7O2/c24-22(31)18-14-20(28-23(18)30-7-5-25-6-8-30)16-3-4-26-19(13-16)17-1-2-21(27-15-17)29-9-11-32-12-10-29/h1-4,13-15,25,28H,5-12H2,(H2,24,31).